The van der Waals surface area contributed by atoms with Crippen molar-refractivity contribution in [1.29, 1.82) is 0 Å². The molecule has 0 aliphatic heterocycles. The van der Waals surface area contributed by atoms with Gasteiger partial charge in [-0.05, 0) is 42.5 Å². The van der Waals surface area contributed by atoms with Gasteiger partial charge in [0.15, 0.2) is 0 Å². The SMILES string of the molecule is CN(C(=O)OCc1ccccc1)C(Cc1ccccc1)C(O)CN(C1CCCCC1)S(=O)(=O)c1ccccc1. The Labute approximate surface area is 232 Å². The van der Waals surface area contributed by atoms with Crippen molar-refractivity contribution in [2.75, 3.05) is 13.6 Å². The third-order valence-corrected chi connectivity index (χ3v) is 9.35. The van der Waals surface area contributed by atoms with Gasteiger partial charge < -0.3 is 14.7 Å². The molecule has 0 bridgehead atoms. The largest absolute Gasteiger partial charge is 0.445 e. The van der Waals surface area contributed by atoms with Crippen LogP contribution in [0.2, 0.25) is 0 Å². The van der Waals surface area contributed by atoms with Gasteiger partial charge in [-0.1, -0.05) is 98.1 Å². The molecule has 7 nitrogen and oxygen atoms in total. The number of hydrogen-bond donors (Lipinski definition) is 1. The summed E-state index contributed by atoms with van der Waals surface area (Å²) in [5.74, 6) is 0. The third-order valence-electron chi connectivity index (χ3n) is 7.42. The van der Waals surface area contributed by atoms with Gasteiger partial charge in [-0.25, -0.2) is 13.2 Å². The van der Waals surface area contributed by atoms with Gasteiger partial charge in [0, 0.05) is 19.6 Å². The lowest BCUT2D eigenvalue weighted by atomic mass is 9.94. The lowest BCUT2D eigenvalue weighted by Gasteiger charge is -2.38. The number of benzene rings is 3. The molecule has 1 aliphatic rings. The molecule has 1 saturated carbocycles. The molecule has 1 fully saturated rings. The van der Waals surface area contributed by atoms with Gasteiger partial charge in [0.05, 0.1) is 17.0 Å². The van der Waals surface area contributed by atoms with Crippen LogP contribution in [-0.2, 0) is 27.8 Å². The maximum atomic E-state index is 13.8. The van der Waals surface area contributed by atoms with Crippen LogP contribution in [-0.4, -0.2) is 60.6 Å². The van der Waals surface area contributed by atoms with Gasteiger partial charge in [-0.15, -0.1) is 0 Å². The predicted octanol–water partition coefficient (Wildman–Crippen LogP) is 5.25. The number of carbonyl (C=O) groups is 1. The highest BCUT2D eigenvalue weighted by atomic mass is 32.2. The maximum absolute atomic E-state index is 13.8. The number of aliphatic hydroxyl groups excluding tert-OH is 1. The van der Waals surface area contributed by atoms with Crippen molar-refractivity contribution in [3.63, 3.8) is 0 Å². The Bertz CT molecular complexity index is 1270. The normalized spacial score (nSPS) is 16.0. The van der Waals surface area contributed by atoms with Gasteiger partial charge in [0.1, 0.15) is 6.61 Å². The highest BCUT2D eigenvalue weighted by Crippen LogP contribution is 2.29. The van der Waals surface area contributed by atoms with Crippen LogP contribution in [0.1, 0.15) is 43.2 Å². The van der Waals surface area contributed by atoms with Crippen molar-refractivity contribution in [1.82, 2.24) is 9.21 Å². The van der Waals surface area contributed by atoms with Crippen molar-refractivity contribution >= 4 is 16.1 Å². The smallest absolute Gasteiger partial charge is 0.410 e. The number of carbonyl (C=O) groups excluding carboxylic acids is 1. The first-order valence-corrected chi connectivity index (χ1v) is 15.0. The van der Waals surface area contributed by atoms with E-state index in [1.165, 1.54) is 9.21 Å². The molecule has 0 saturated heterocycles. The monoisotopic (exact) mass is 550 g/mol. The van der Waals surface area contributed by atoms with Crippen LogP contribution < -0.4 is 0 Å². The van der Waals surface area contributed by atoms with E-state index in [-0.39, 0.29) is 24.1 Å². The summed E-state index contributed by atoms with van der Waals surface area (Å²) in [6.07, 6.45) is 3.09. The van der Waals surface area contributed by atoms with Crippen molar-refractivity contribution in [3.8, 4) is 0 Å². The van der Waals surface area contributed by atoms with E-state index < -0.39 is 28.3 Å². The van der Waals surface area contributed by atoms with Gasteiger partial charge in [0.25, 0.3) is 0 Å². The van der Waals surface area contributed by atoms with Crippen LogP contribution >= 0.6 is 0 Å². The minimum Gasteiger partial charge on any atom is -0.445 e. The number of sulfonamides is 1. The first-order valence-electron chi connectivity index (χ1n) is 13.6. The average Bonchev–Trinajstić information content (AvgIpc) is 2.98. The lowest BCUT2D eigenvalue weighted by Crippen LogP contribution is -2.53. The van der Waals surface area contributed by atoms with Crippen LogP contribution in [0.25, 0.3) is 0 Å². The van der Waals surface area contributed by atoms with Crippen molar-refractivity contribution in [3.05, 3.63) is 102 Å². The van der Waals surface area contributed by atoms with E-state index in [0.717, 1.165) is 43.2 Å². The molecule has 1 N–H and O–H groups in total. The fourth-order valence-corrected chi connectivity index (χ4v) is 6.91. The van der Waals surface area contributed by atoms with Crippen LogP contribution in [0.5, 0.6) is 0 Å². The first kappa shape index (κ1) is 28.8. The summed E-state index contributed by atoms with van der Waals surface area (Å²) in [5, 5.41) is 11.6. The molecular formula is C31H38N2O5S. The van der Waals surface area contributed by atoms with Crippen molar-refractivity contribution < 1.29 is 23.1 Å². The Morgan fingerprint density at radius 2 is 1.41 bits per heavy atom. The molecule has 3 aromatic carbocycles. The first-order chi connectivity index (χ1) is 18.9. The molecule has 8 heteroatoms. The minimum atomic E-state index is -3.86. The number of likely N-dealkylation sites (N-methyl/N-ethyl adjacent to an activating group) is 1. The number of aliphatic hydroxyl groups is 1. The Morgan fingerprint density at radius 3 is 2.00 bits per heavy atom. The summed E-state index contributed by atoms with van der Waals surface area (Å²) in [5.41, 5.74) is 1.79. The standard InChI is InChI=1S/C31H38N2O5S/c1-32(31(35)38-24-26-16-8-3-9-17-26)29(22-25-14-6-2-7-15-25)30(34)23-33(27-18-10-4-11-19-27)39(36,37)28-20-12-5-13-21-28/h2-3,5-9,12-17,20-21,27,29-30,34H,4,10-11,18-19,22-24H2,1H3. The predicted molar refractivity (Wildman–Crippen MR) is 152 cm³/mol. The zero-order valence-corrected chi connectivity index (χ0v) is 23.2. The second-order valence-corrected chi connectivity index (χ2v) is 12.0. The number of nitrogens with zero attached hydrogens (tertiary/aromatic N) is 2. The summed E-state index contributed by atoms with van der Waals surface area (Å²) in [7, 11) is -2.26. The minimum absolute atomic E-state index is 0.106. The summed E-state index contributed by atoms with van der Waals surface area (Å²) in [6, 6.07) is 26.4. The topological polar surface area (TPSA) is 87.2 Å². The van der Waals surface area contributed by atoms with E-state index in [4.69, 9.17) is 4.74 Å². The summed E-state index contributed by atoms with van der Waals surface area (Å²) < 4.78 is 34.7. The maximum Gasteiger partial charge on any atom is 0.410 e. The van der Waals surface area contributed by atoms with Crippen LogP contribution in [0.3, 0.4) is 0 Å². The molecule has 1 aliphatic carbocycles. The summed E-state index contributed by atoms with van der Waals surface area (Å²) >= 11 is 0. The van der Waals surface area contributed by atoms with Crippen LogP contribution in [0.4, 0.5) is 4.79 Å². The lowest BCUT2D eigenvalue weighted by molar-refractivity contribution is 0.0286. The Kier molecular flexibility index (Phi) is 10.1. The van der Waals surface area contributed by atoms with Crippen molar-refractivity contribution in [2.24, 2.45) is 0 Å². The fourth-order valence-electron chi connectivity index (χ4n) is 5.19. The molecule has 2 unspecified atom stereocenters. The number of rotatable bonds is 11. The van der Waals surface area contributed by atoms with E-state index in [0.29, 0.717) is 6.42 Å². The molecular weight excluding hydrogens is 512 g/mol. The molecule has 0 spiro atoms. The Balaban J connectivity index is 1.58. The van der Waals surface area contributed by atoms with Gasteiger partial charge in [-0.3, -0.25) is 0 Å². The zero-order chi connectivity index (χ0) is 27.7. The highest BCUT2D eigenvalue weighted by molar-refractivity contribution is 7.89. The average molecular weight is 551 g/mol. The Hall–Kier alpha value is -3.20. The van der Waals surface area contributed by atoms with Crippen molar-refractivity contribution in [2.45, 2.75) is 68.2 Å². The van der Waals surface area contributed by atoms with E-state index >= 15 is 0 Å². The molecule has 0 aromatic heterocycles. The molecule has 4 rings (SSSR count). The fraction of sp³-hybridized carbons (Fsp3) is 0.387. The second-order valence-electron chi connectivity index (χ2n) is 10.2. The highest BCUT2D eigenvalue weighted by Gasteiger charge is 2.37. The van der Waals surface area contributed by atoms with E-state index in [2.05, 4.69) is 0 Å². The van der Waals surface area contributed by atoms with E-state index in [1.54, 1.807) is 37.4 Å². The molecule has 0 heterocycles. The molecule has 208 valence electrons. The quantitative estimate of drug-likeness (QED) is 0.352. The third kappa shape index (κ3) is 7.68. The molecule has 3 aromatic rings. The van der Waals surface area contributed by atoms with Gasteiger partial charge in [0.2, 0.25) is 10.0 Å². The number of amides is 1. The summed E-state index contributed by atoms with van der Waals surface area (Å²) in [4.78, 5) is 14.7. The number of ether oxygens (including phenoxy) is 1. The van der Waals surface area contributed by atoms with Crippen LogP contribution in [0, 0.1) is 0 Å². The second kappa shape index (κ2) is 13.7. The van der Waals surface area contributed by atoms with E-state index in [1.807, 2.05) is 60.7 Å². The summed E-state index contributed by atoms with van der Waals surface area (Å²) in [6.45, 7) is -0.00947. The number of hydrogen-bond acceptors (Lipinski definition) is 5. The molecule has 0 radical (unpaired) electrons. The molecule has 39 heavy (non-hydrogen) atoms. The molecule has 1 amide bonds. The van der Waals surface area contributed by atoms with Gasteiger partial charge in [-0.2, -0.15) is 4.31 Å². The Morgan fingerprint density at radius 1 is 0.872 bits per heavy atom. The zero-order valence-electron chi connectivity index (χ0n) is 22.4. The van der Waals surface area contributed by atoms with Crippen LogP contribution in [0.15, 0.2) is 95.9 Å². The van der Waals surface area contributed by atoms with Gasteiger partial charge >= 0.3 is 6.09 Å². The molecule has 2 atom stereocenters. The van der Waals surface area contributed by atoms with E-state index in [9.17, 15) is 18.3 Å².